The summed E-state index contributed by atoms with van der Waals surface area (Å²) in [5.74, 6) is -3.52. The average Bonchev–Trinajstić information content (AvgIpc) is 3.65. The molecule has 0 spiro atoms. The number of methoxy groups -OCH3 is 1. The van der Waals surface area contributed by atoms with E-state index in [1.54, 1.807) is 0 Å². The van der Waals surface area contributed by atoms with E-state index in [0.29, 0.717) is 5.69 Å². The molecule has 0 bridgehead atoms. The summed E-state index contributed by atoms with van der Waals surface area (Å²) in [6.45, 7) is 1.68. The normalized spacial score (nSPS) is 27.6. The first-order valence-corrected chi connectivity index (χ1v) is 12.2. The summed E-state index contributed by atoms with van der Waals surface area (Å²) >= 11 is 0. The van der Waals surface area contributed by atoms with Crippen molar-refractivity contribution in [3.8, 4) is 11.3 Å². The van der Waals surface area contributed by atoms with E-state index in [-0.39, 0.29) is 23.1 Å². The molecule has 1 aromatic carbocycles. The molecule has 2 fully saturated rings. The number of aromatic nitrogens is 4. The Bertz CT molecular complexity index is 1240. The summed E-state index contributed by atoms with van der Waals surface area (Å²) in [6.07, 6.45) is 2.23. The van der Waals surface area contributed by atoms with E-state index >= 15 is 0 Å². The Balaban J connectivity index is 1.43. The predicted octanol–water partition coefficient (Wildman–Crippen LogP) is 3.10. The zero-order chi connectivity index (χ0) is 26.3. The molecule has 5 rings (SSSR count). The van der Waals surface area contributed by atoms with Crippen LogP contribution in [0.2, 0.25) is 0 Å². The van der Waals surface area contributed by atoms with Crippen LogP contribution >= 0.6 is 0 Å². The largest absolute Gasteiger partial charge is 0.394 e. The van der Waals surface area contributed by atoms with Crippen LogP contribution in [-0.2, 0) is 21.3 Å². The predicted molar refractivity (Wildman–Crippen MR) is 123 cm³/mol. The number of rotatable bonds is 7. The van der Waals surface area contributed by atoms with Crippen LogP contribution in [-0.4, -0.2) is 68.5 Å². The van der Waals surface area contributed by atoms with E-state index in [2.05, 4.69) is 22.4 Å². The molecule has 1 aliphatic heterocycles. The van der Waals surface area contributed by atoms with Gasteiger partial charge in [0.15, 0.2) is 17.5 Å². The molecule has 2 aliphatic rings. The molecule has 1 aliphatic carbocycles. The minimum absolute atomic E-state index is 0.0576. The lowest BCUT2D eigenvalue weighted by Gasteiger charge is -2.43. The Hall–Kier alpha value is -2.80. The molecule has 2 N–H and O–H groups in total. The summed E-state index contributed by atoms with van der Waals surface area (Å²) in [7, 11) is 1.45. The number of aliphatic hydroxyl groups is 2. The Kier molecular flexibility index (Phi) is 7.10. The molecule has 3 aromatic rings. The zero-order valence-corrected chi connectivity index (χ0v) is 20.5. The van der Waals surface area contributed by atoms with Crippen molar-refractivity contribution < 1.29 is 37.4 Å². The highest BCUT2D eigenvalue weighted by Gasteiger charge is 2.47. The third kappa shape index (κ3) is 4.67. The molecule has 0 radical (unpaired) electrons. The Morgan fingerprint density at radius 1 is 1.16 bits per heavy atom. The maximum Gasteiger partial charge on any atom is 0.195 e. The van der Waals surface area contributed by atoms with Gasteiger partial charge in [0, 0.05) is 30.6 Å². The molecular formula is C25H29F3N4O5. The molecule has 5 atom stereocenters. The van der Waals surface area contributed by atoms with Crippen molar-refractivity contribution in [1.29, 1.82) is 0 Å². The summed E-state index contributed by atoms with van der Waals surface area (Å²) in [6, 6.07) is 2.87. The average molecular weight is 523 g/mol. The standard InChI is InChI=1S/C25H29F3N4O5/c1-25(7-3-4-8-25)19-10-13(30-37-19)9-17-24(35-2)22(23(34)18(12-33)36-17)32-11-16(29-31-32)14-5-6-15(26)21(28)20(14)27/h5-6,10-11,17-18,22-24,33-34H,3-4,7-9,12H2,1-2H3/t17-,18-,22+,23+,24+/m1/s1. The number of hydrogen-bond acceptors (Lipinski definition) is 8. The number of aliphatic hydroxyl groups excluding tert-OH is 2. The first kappa shape index (κ1) is 25.8. The second kappa shape index (κ2) is 10.2. The van der Waals surface area contributed by atoms with Crippen molar-refractivity contribution in [2.24, 2.45) is 0 Å². The Labute approximate surface area is 211 Å². The monoisotopic (exact) mass is 522 g/mol. The second-order valence-electron chi connectivity index (χ2n) is 10.0. The molecule has 0 amide bonds. The first-order valence-electron chi connectivity index (χ1n) is 12.2. The third-order valence-corrected chi connectivity index (χ3v) is 7.63. The quantitative estimate of drug-likeness (QED) is 0.455. The van der Waals surface area contributed by atoms with Crippen LogP contribution in [0.5, 0.6) is 0 Å². The highest BCUT2D eigenvalue weighted by Crippen LogP contribution is 2.41. The van der Waals surface area contributed by atoms with Crippen molar-refractivity contribution in [1.82, 2.24) is 20.2 Å². The van der Waals surface area contributed by atoms with Gasteiger partial charge in [0.25, 0.3) is 0 Å². The molecular weight excluding hydrogens is 493 g/mol. The highest BCUT2D eigenvalue weighted by atomic mass is 19.2. The number of nitrogens with zero attached hydrogens (tertiary/aromatic N) is 4. The van der Waals surface area contributed by atoms with Crippen LogP contribution in [0.25, 0.3) is 11.3 Å². The molecule has 1 saturated heterocycles. The van der Waals surface area contributed by atoms with Crippen LogP contribution < -0.4 is 0 Å². The van der Waals surface area contributed by atoms with Crippen LogP contribution in [0.3, 0.4) is 0 Å². The lowest BCUT2D eigenvalue weighted by Crippen LogP contribution is -2.57. The van der Waals surface area contributed by atoms with E-state index < -0.39 is 54.5 Å². The van der Waals surface area contributed by atoms with Crippen LogP contribution in [0.4, 0.5) is 13.2 Å². The molecule has 1 saturated carbocycles. The summed E-state index contributed by atoms with van der Waals surface area (Å²) < 4.78 is 60.1. The van der Waals surface area contributed by atoms with E-state index in [4.69, 9.17) is 14.0 Å². The minimum Gasteiger partial charge on any atom is -0.394 e. The second-order valence-corrected chi connectivity index (χ2v) is 10.0. The van der Waals surface area contributed by atoms with Gasteiger partial charge in [-0.2, -0.15) is 0 Å². The molecule has 9 nitrogen and oxygen atoms in total. The van der Waals surface area contributed by atoms with Gasteiger partial charge < -0.3 is 24.2 Å². The van der Waals surface area contributed by atoms with Gasteiger partial charge in [0.1, 0.15) is 35.8 Å². The van der Waals surface area contributed by atoms with Crippen molar-refractivity contribution in [2.45, 2.75) is 74.9 Å². The fourth-order valence-corrected chi connectivity index (χ4v) is 5.50. The van der Waals surface area contributed by atoms with Gasteiger partial charge in [-0.15, -0.1) is 5.10 Å². The third-order valence-electron chi connectivity index (χ3n) is 7.63. The van der Waals surface area contributed by atoms with Gasteiger partial charge in [0.05, 0.1) is 24.6 Å². The zero-order valence-electron chi connectivity index (χ0n) is 20.5. The topological polar surface area (TPSA) is 116 Å². The lowest BCUT2D eigenvalue weighted by atomic mass is 9.85. The molecule has 37 heavy (non-hydrogen) atoms. The van der Waals surface area contributed by atoms with Crippen molar-refractivity contribution in [3.05, 3.63) is 53.3 Å². The van der Waals surface area contributed by atoms with Gasteiger partial charge in [-0.05, 0) is 25.0 Å². The molecule has 12 heteroatoms. The van der Waals surface area contributed by atoms with Gasteiger partial charge in [-0.1, -0.05) is 30.1 Å². The van der Waals surface area contributed by atoms with Gasteiger partial charge in [-0.3, -0.25) is 0 Å². The number of halogens is 3. The van der Waals surface area contributed by atoms with Crippen molar-refractivity contribution >= 4 is 0 Å². The Morgan fingerprint density at radius 3 is 2.62 bits per heavy atom. The molecule has 200 valence electrons. The van der Waals surface area contributed by atoms with Gasteiger partial charge in [0.2, 0.25) is 0 Å². The van der Waals surface area contributed by atoms with Crippen LogP contribution in [0.1, 0.15) is 50.1 Å². The minimum atomic E-state index is -1.62. The lowest BCUT2D eigenvalue weighted by molar-refractivity contribution is -0.212. The maximum atomic E-state index is 14.3. The number of hydrogen-bond donors (Lipinski definition) is 2. The number of benzene rings is 1. The van der Waals surface area contributed by atoms with E-state index in [9.17, 15) is 23.4 Å². The van der Waals surface area contributed by atoms with Crippen LogP contribution in [0, 0.1) is 17.5 Å². The fraction of sp³-hybridized carbons (Fsp3) is 0.560. The number of ether oxygens (including phenoxy) is 2. The summed E-state index contributed by atoms with van der Waals surface area (Å²) in [5, 5.41) is 33.0. The Morgan fingerprint density at radius 2 is 1.92 bits per heavy atom. The summed E-state index contributed by atoms with van der Waals surface area (Å²) in [4.78, 5) is 0. The smallest absolute Gasteiger partial charge is 0.195 e. The van der Waals surface area contributed by atoms with Gasteiger partial charge >= 0.3 is 0 Å². The van der Waals surface area contributed by atoms with Gasteiger partial charge in [-0.25, -0.2) is 17.9 Å². The van der Waals surface area contributed by atoms with E-state index in [1.807, 2.05) is 6.07 Å². The molecule has 3 heterocycles. The highest BCUT2D eigenvalue weighted by molar-refractivity contribution is 5.58. The van der Waals surface area contributed by atoms with E-state index in [0.717, 1.165) is 43.6 Å². The SMILES string of the molecule is CO[C@@H]1[C@@H](n2cc(-c3ccc(F)c(F)c3F)nn2)[C@@H](O)[C@@H](CO)O[C@@H]1Cc1cc(C2(C)CCCC2)on1. The van der Waals surface area contributed by atoms with Crippen molar-refractivity contribution in [2.75, 3.05) is 13.7 Å². The molecule has 0 unspecified atom stereocenters. The van der Waals surface area contributed by atoms with E-state index in [1.165, 1.54) is 18.0 Å². The molecule has 2 aromatic heterocycles. The van der Waals surface area contributed by atoms with Crippen molar-refractivity contribution in [3.63, 3.8) is 0 Å². The fourth-order valence-electron chi connectivity index (χ4n) is 5.50. The first-order chi connectivity index (χ1) is 17.8. The maximum absolute atomic E-state index is 14.3. The van der Waals surface area contributed by atoms with Crippen LogP contribution in [0.15, 0.2) is 28.9 Å². The summed E-state index contributed by atoms with van der Waals surface area (Å²) in [5.41, 5.74) is 0.238.